The third-order valence-corrected chi connectivity index (χ3v) is 10.6. The van der Waals surface area contributed by atoms with E-state index in [1.807, 2.05) is 13.8 Å². The summed E-state index contributed by atoms with van der Waals surface area (Å²) >= 11 is 6.78. The fourth-order valence-corrected chi connectivity index (χ4v) is 8.33. The van der Waals surface area contributed by atoms with Gasteiger partial charge in [0, 0.05) is 73.5 Å². The molecule has 254 valence electrons. The van der Waals surface area contributed by atoms with Gasteiger partial charge in [-0.25, -0.2) is 17.2 Å². The molecule has 0 spiro atoms. The third kappa shape index (κ3) is 5.74. The molecule has 9 nitrogen and oxygen atoms in total. The first-order chi connectivity index (χ1) is 22.6. The van der Waals surface area contributed by atoms with E-state index in [0.29, 0.717) is 24.4 Å². The molecule has 2 N–H and O–H groups in total. The smallest absolute Gasteiger partial charge is 0.276 e. The number of likely N-dealkylation sites (tertiary alicyclic amines) is 1. The normalized spacial score (nSPS) is 18.8. The number of nitrogens with zero attached hydrogens (tertiary/aromatic N) is 4. The second kappa shape index (κ2) is 13.0. The summed E-state index contributed by atoms with van der Waals surface area (Å²) in [6, 6.07) is 5.26. The van der Waals surface area contributed by atoms with Gasteiger partial charge in [-0.15, -0.1) is 0 Å². The molecule has 1 aromatic heterocycles. The Balaban J connectivity index is 1.97. The zero-order valence-electron chi connectivity index (χ0n) is 27.5. The standard InChI is InChI=1S/C35H38ClF2N5O4S/c1-8-19(5)31(30(40-6)18(3)4)43-32-22(13-23(36)27(29(32)38)28-24(37)11-10-12-25(28)39)33(34(35(43)45)48(7,46)47)42-16-20-14-41(26(44)9-2)15-21(20)17-42/h8-13,18,20-21H,1-2,14-17,39H2,3-7H3/b31-19+,40-30?/t20-,21+. The van der Waals surface area contributed by atoms with Crippen molar-refractivity contribution in [2.75, 3.05) is 50.1 Å². The lowest BCUT2D eigenvalue weighted by Crippen LogP contribution is -2.36. The average Bonchev–Trinajstić information content (AvgIpc) is 3.59. The van der Waals surface area contributed by atoms with E-state index >= 15 is 8.78 Å². The molecule has 3 aromatic rings. The van der Waals surface area contributed by atoms with Gasteiger partial charge in [-0.05, 0) is 42.7 Å². The van der Waals surface area contributed by atoms with Crippen LogP contribution in [0.2, 0.25) is 5.02 Å². The van der Waals surface area contributed by atoms with Crippen molar-refractivity contribution in [2.24, 2.45) is 22.7 Å². The van der Waals surface area contributed by atoms with E-state index < -0.39 is 31.9 Å². The number of pyridine rings is 1. The van der Waals surface area contributed by atoms with Crippen molar-refractivity contribution < 1.29 is 22.0 Å². The molecule has 2 aliphatic rings. The van der Waals surface area contributed by atoms with Gasteiger partial charge in [0.2, 0.25) is 5.91 Å². The predicted molar refractivity (Wildman–Crippen MR) is 189 cm³/mol. The summed E-state index contributed by atoms with van der Waals surface area (Å²) < 4.78 is 61.2. The number of halogens is 3. The number of carbonyl (C=O) groups excluding carboxylic acids is 1. The number of hydrogen-bond acceptors (Lipinski definition) is 7. The summed E-state index contributed by atoms with van der Waals surface area (Å²) in [5.74, 6) is -2.49. The van der Waals surface area contributed by atoms with Gasteiger partial charge in [-0.2, -0.15) is 0 Å². The van der Waals surface area contributed by atoms with Crippen LogP contribution >= 0.6 is 11.6 Å². The molecule has 5 rings (SSSR count). The highest BCUT2D eigenvalue weighted by Crippen LogP contribution is 2.46. The van der Waals surface area contributed by atoms with Crippen molar-refractivity contribution in [1.82, 2.24) is 9.47 Å². The Bertz CT molecular complexity index is 2090. The number of aromatic nitrogens is 1. The molecule has 3 heterocycles. The van der Waals surface area contributed by atoms with Crippen LogP contribution in [0, 0.1) is 29.4 Å². The summed E-state index contributed by atoms with van der Waals surface area (Å²) in [6.45, 7) is 14.2. The van der Waals surface area contributed by atoms with Gasteiger partial charge in [0.05, 0.1) is 27.6 Å². The van der Waals surface area contributed by atoms with Gasteiger partial charge < -0.3 is 15.5 Å². The zero-order valence-corrected chi connectivity index (χ0v) is 29.1. The van der Waals surface area contributed by atoms with Gasteiger partial charge in [0.1, 0.15) is 5.82 Å². The second-order valence-corrected chi connectivity index (χ2v) is 15.0. The van der Waals surface area contributed by atoms with E-state index in [0.717, 1.165) is 16.9 Å². The highest BCUT2D eigenvalue weighted by atomic mass is 35.5. The van der Waals surface area contributed by atoms with Crippen LogP contribution in [0.25, 0.3) is 27.7 Å². The minimum Gasteiger partial charge on any atom is -0.398 e. The maximum atomic E-state index is 17.4. The molecule has 48 heavy (non-hydrogen) atoms. The van der Waals surface area contributed by atoms with Crippen LogP contribution in [0.15, 0.2) is 69.8 Å². The first kappa shape index (κ1) is 35.0. The molecule has 2 saturated heterocycles. The third-order valence-electron chi connectivity index (χ3n) is 9.17. The second-order valence-electron chi connectivity index (χ2n) is 12.6. The van der Waals surface area contributed by atoms with E-state index in [9.17, 15) is 18.0 Å². The van der Waals surface area contributed by atoms with Gasteiger partial charge in [0.15, 0.2) is 20.5 Å². The Kier molecular flexibility index (Phi) is 9.46. The Hall–Kier alpha value is -4.29. The molecule has 2 aliphatic heterocycles. The SMILES string of the molecule is C=CC(=O)N1C[C@@H]2CN(c3c(S(C)(=O)=O)c(=O)n(/C(C(=NC)C(C)C)=C(\C)C=C)c4c(F)c(-c5c(N)cccc5F)c(Cl)cc34)C[C@@H]2C1. The minimum atomic E-state index is -4.27. The molecule has 2 atom stereocenters. The van der Waals surface area contributed by atoms with Crippen LogP contribution < -0.4 is 16.2 Å². The van der Waals surface area contributed by atoms with Crippen molar-refractivity contribution in [1.29, 1.82) is 0 Å². The zero-order chi connectivity index (χ0) is 35.4. The number of benzene rings is 2. The van der Waals surface area contributed by atoms with Crippen LogP contribution in [0.5, 0.6) is 0 Å². The van der Waals surface area contributed by atoms with Gasteiger partial charge >= 0.3 is 0 Å². The quantitative estimate of drug-likeness (QED) is 0.137. The number of aliphatic imine (C=N–C) groups is 1. The first-order valence-corrected chi connectivity index (χ1v) is 17.7. The van der Waals surface area contributed by atoms with E-state index in [1.54, 1.807) is 16.7 Å². The van der Waals surface area contributed by atoms with E-state index in [1.165, 1.54) is 37.4 Å². The Labute approximate surface area is 283 Å². The number of amides is 1. The van der Waals surface area contributed by atoms with Gasteiger partial charge in [0.25, 0.3) is 5.56 Å². The van der Waals surface area contributed by atoms with Crippen molar-refractivity contribution in [3.8, 4) is 11.1 Å². The summed E-state index contributed by atoms with van der Waals surface area (Å²) in [7, 11) is -2.75. The fraction of sp³-hybridized carbons (Fsp3) is 0.343. The molecule has 0 radical (unpaired) electrons. The lowest BCUT2D eigenvalue weighted by Gasteiger charge is -2.29. The molecule has 0 unspecified atom stereocenters. The highest BCUT2D eigenvalue weighted by Gasteiger charge is 2.44. The molecular weight excluding hydrogens is 660 g/mol. The molecule has 0 bridgehead atoms. The summed E-state index contributed by atoms with van der Waals surface area (Å²) in [5.41, 5.74) is 5.00. The molecule has 0 saturated carbocycles. The van der Waals surface area contributed by atoms with Gasteiger partial charge in [-0.3, -0.25) is 19.1 Å². The molecule has 2 fully saturated rings. The number of allylic oxidation sites excluding steroid dienone is 3. The maximum Gasteiger partial charge on any atom is 0.276 e. The first-order valence-electron chi connectivity index (χ1n) is 15.4. The monoisotopic (exact) mass is 697 g/mol. The molecule has 1 amide bonds. The van der Waals surface area contributed by atoms with Crippen LogP contribution in [0.3, 0.4) is 0 Å². The molecule has 13 heteroatoms. The number of carbonyl (C=O) groups is 1. The van der Waals surface area contributed by atoms with Crippen molar-refractivity contribution in [3.05, 3.63) is 82.2 Å². The van der Waals surface area contributed by atoms with Crippen LogP contribution in [-0.4, -0.2) is 69.0 Å². The van der Waals surface area contributed by atoms with Crippen LogP contribution in [0.4, 0.5) is 20.2 Å². The van der Waals surface area contributed by atoms with Crippen LogP contribution in [0.1, 0.15) is 20.8 Å². The number of anilines is 2. The maximum absolute atomic E-state index is 17.4. The summed E-state index contributed by atoms with van der Waals surface area (Å²) in [4.78, 5) is 34.5. The van der Waals surface area contributed by atoms with Crippen molar-refractivity contribution in [3.63, 3.8) is 0 Å². The van der Waals surface area contributed by atoms with Crippen molar-refractivity contribution >= 4 is 61.0 Å². The average molecular weight is 698 g/mol. The lowest BCUT2D eigenvalue weighted by molar-refractivity contribution is -0.125. The van der Waals surface area contributed by atoms with Crippen LogP contribution in [-0.2, 0) is 14.6 Å². The number of nitrogen functional groups attached to an aromatic ring is 1. The topological polar surface area (TPSA) is 118 Å². The minimum absolute atomic E-state index is 0.00579. The Morgan fingerprint density at radius 3 is 2.23 bits per heavy atom. The molecule has 0 aliphatic carbocycles. The largest absolute Gasteiger partial charge is 0.398 e. The number of rotatable bonds is 8. The molecular formula is C35H38ClF2N5O4S. The van der Waals surface area contributed by atoms with E-state index in [4.69, 9.17) is 17.3 Å². The highest BCUT2D eigenvalue weighted by molar-refractivity contribution is 7.90. The fourth-order valence-electron chi connectivity index (χ4n) is 7.04. The summed E-state index contributed by atoms with van der Waals surface area (Å²) in [6.07, 6.45) is 3.65. The summed E-state index contributed by atoms with van der Waals surface area (Å²) in [5, 5.41) is -0.201. The number of nitrogens with two attached hydrogens (primary N) is 1. The Morgan fingerprint density at radius 2 is 1.73 bits per heavy atom. The van der Waals surface area contributed by atoms with E-state index in [-0.39, 0.29) is 80.9 Å². The Morgan fingerprint density at radius 1 is 1.10 bits per heavy atom. The number of hydrogen-bond donors (Lipinski definition) is 1. The predicted octanol–water partition coefficient (Wildman–Crippen LogP) is 5.81. The number of fused-ring (bicyclic) bond motifs is 2. The number of sulfone groups is 1. The van der Waals surface area contributed by atoms with E-state index in [2.05, 4.69) is 18.2 Å². The molecule has 2 aromatic carbocycles. The van der Waals surface area contributed by atoms with Crippen molar-refractivity contribution in [2.45, 2.75) is 25.7 Å². The lowest BCUT2D eigenvalue weighted by atomic mass is 9.97. The van der Waals surface area contributed by atoms with Gasteiger partial charge in [-0.1, -0.05) is 50.7 Å².